The van der Waals surface area contributed by atoms with Crippen LogP contribution in [0.2, 0.25) is 0 Å². The molecule has 3 nitrogen and oxygen atoms in total. The highest BCUT2D eigenvalue weighted by Gasteiger charge is 1.95. The van der Waals surface area contributed by atoms with Crippen LogP contribution in [0.25, 0.3) is 0 Å². The van der Waals surface area contributed by atoms with Gasteiger partial charge in [0.25, 0.3) is 0 Å². The summed E-state index contributed by atoms with van der Waals surface area (Å²) in [6.07, 6.45) is 2.09. The first-order chi connectivity index (χ1) is 8.22. The van der Waals surface area contributed by atoms with E-state index >= 15 is 0 Å². The smallest absolute Gasteiger partial charge is 0.187 e. The van der Waals surface area contributed by atoms with E-state index in [0.29, 0.717) is 5.11 Å². The second kappa shape index (κ2) is 7.79. The molecular formula is C13H19N3S. The van der Waals surface area contributed by atoms with Gasteiger partial charge in [0.05, 0.1) is 0 Å². The Balaban J connectivity index is 2.29. The van der Waals surface area contributed by atoms with E-state index in [9.17, 15) is 0 Å². The average molecular weight is 249 g/mol. The highest BCUT2D eigenvalue weighted by molar-refractivity contribution is 7.80. The van der Waals surface area contributed by atoms with Gasteiger partial charge in [0, 0.05) is 12.3 Å². The lowest BCUT2D eigenvalue weighted by Crippen LogP contribution is -2.32. The molecular weight excluding hydrogens is 230 g/mol. The fourth-order valence-electron chi connectivity index (χ4n) is 1.38. The van der Waals surface area contributed by atoms with Crippen LogP contribution < -0.4 is 10.7 Å². The summed E-state index contributed by atoms with van der Waals surface area (Å²) >= 11 is 5.13. The molecule has 1 aromatic rings. The van der Waals surface area contributed by atoms with Crippen molar-refractivity contribution in [3.63, 3.8) is 0 Å². The zero-order chi connectivity index (χ0) is 12.5. The van der Waals surface area contributed by atoms with Gasteiger partial charge in [0.2, 0.25) is 0 Å². The number of thiocarbonyl (C=S) groups is 1. The molecule has 17 heavy (non-hydrogen) atoms. The van der Waals surface area contributed by atoms with Gasteiger partial charge in [0.15, 0.2) is 5.11 Å². The molecule has 0 heterocycles. The lowest BCUT2D eigenvalue weighted by atomic mass is 10.2. The first-order valence-corrected chi connectivity index (χ1v) is 6.24. The Labute approximate surface area is 108 Å². The van der Waals surface area contributed by atoms with E-state index in [-0.39, 0.29) is 0 Å². The van der Waals surface area contributed by atoms with Crippen molar-refractivity contribution in [3.05, 3.63) is 35.9 Å². The fourth-order valence-corrected chi connectivity index (χ4v) is 1.50. The van der Waals surface area contributed by atoms with Crippen molar-refractivity contribution in [2.24, 2.45) is 5.10 Å². The van der Waals surface area contributed by atoms with Gasteiger partial charge < -0.3 is 5.32 Å². The number of hydrogen-bond donors (Lipinski definition) is 2. The maximum absolute atomic E-state index is 5.13. The molecule has 0 saturated heterocycles. The molecule has 0 aliphatic rings. The normalized spacial score (nSPS) is 11.1. The Morgan fingerprint density at radius 2 is 2.00 bits per heavy atom. The summed E-state index contributed by atoms with van der Waals surface area (Å²) in [5.41, 5.74) is 5.11. The molecule has 0 atom stereocenters. The first-order valence-electron chi connectivity index (χ1n) is 5.83. The summed E-state index contributed by atoms with van der Waals surface area (Å²) < 4.78 is 0. The monoisotopic (exact) mass is 249 g/mol. The highest BCUT2D eigenvalue weighted by atomic mass is 32.1. The molecule has 0 saturated carbocycles. The molecule has 0 radical (unpaired) electrons. The van der Waals surface area contributed by atoms with Gasteiger partial charge in [-0.3, -0.25) is 5.43 Å². The third kappa shape index (κ3) is 6.02. The molecule has 0 amide bonds. The van der Waals surface area contributed by atoms with Crippen LogP contribution in [-0.4, -0.2) is 10.8 Å². The van der Waals surface area contributed by atoms with Gasteiger partial charge in [-0.2, -0.15) is 5.10 Å². The zero-order valence-electron chi connectivity index (χ0n) is 10.4. The number of benzene rings is 1. The van der Waals surface area contributed by atoms with Crippen molar-refractivity contribution < 1.29 is 0 Å². The van der Waals surface area contributed by atoms with E-state index < -0.39 is 0 Å². The molecule has 2 N–H and O–H groups in total. The predicted molar refractivity (Wildman–Crippen MR) is 77.0 cm³/mol. The molecule has 4 heteroatoms. The molecule has 0 aliphatic heterocycles. The SMILES string of the molecule is CCC/C(C)=N\NC(=S)NCc1ccccc1. The van der Waals surface area contributed by atoms with Crippen molar-refractivity contribution in [2.45, 2.75) is 33.2 Å². The van der Waals surface area contributed by atoms with Crippen LogP contribution in [0.5, 0.6) is 0 Å². The van der Waals surface area contributed by atoms with E-state index in [2.05, 4.69) is 34.9 Å². The summed E-state index contributed by atoms with van der Waals surface area (Å²) in [5, 5.41) is 7.86. The molecule has 0 aromatic heterocycles. The van der Waals surface area contributed by atoms with Gasteiger partial charge in [-0.15, -0.1) is 0 Å². The largest absolute Gasteiger partial charge is 0.357 e. The quantitative estimate of drug-likeness (QED) is 0.478. The number of rotatable bonds is 5. The van der Waals surface area contributed by atoms with Crippen LogP contribution >= 0.6 is 12.2 Å². The van der Waals surface area contributed by atoms with Gasteiger partial charge in [0.1, 0.15) is 0 Å². The van der Waals surface area contributed by atoms with Crippen LogP contribution in [-0.2, 0) is 6.54 Å². The van der Waals surface area contributed by atoms with Crippen LogP contribution in [0.1, 0.15) is 32.3 Å². The Hall–Kier alpha value is -1.42. The maximum Gasteiger partial charge on any atom is 0.187 e. The van der Waals surface area contributed by atoms with Crippen molar-refractivity contribution >= 4 is 23.0 Å². The molecule has 0 fully saturated rings. The summed E-state index contributed by atoms with van der Waals surface area (Å²) in [5.74, 6) is 0. The topological polar surface area (TPSA) is 36.4 Å². The molecule has 0 spiro atoms. The minimum Gasteiger partial charge on any atom is -0.357 e. The molecule has 1 aromatic carbocycles. The fraction of sp³-hybridized carbons (Fsp3) is 0.385. The molecule has 92 valence electrons. The predicted octanol–water partition coefficient (Wildman–Crippen LogP) is 2.83. The van der Waals surface area contributed by atoms with E-state index in [1.54, 1.807) is 0 Å². The highest BCUT2D eigenvalue weighted by Crippen LogP contribution is 1.96. The van der Waals surface area contributed by atoms with Crippen LogP contribution in [0.4, 0.5) is 0 Å². The third-order valence-electron chi connectivity index (χ3n) is 2.26. The minimum atomic E-state index is 0.560. The van der Waals surface area contributed by atoms with Gasteiger partial charge >= 0.3 is 0 Å². The van der Waals surface area contributed by atoms with Crippen molar-refractivity contribution in [1.29, 1.82) is 0 Å². The number of nitrogens with zero attached hydrogens (tertiary/aromatic N) is 1. The Morgan fingerprint density at radius 1 is 1.29 bits per heavy atom. The first kappa shape index (κ1) is 13.6. The van der Waals surface area contributed by atoms with Gasteiger partial charge in [-0.05, 0) is 31.1 Å². The van der Waals surface area contributed by atoms with Crippen molar-refractivity contribution in [1.82, 2.24) is 10.7 Å². The van der Waals surface area contributed by atoms with Crippen molar-refractivity contribution in [3.8, 4) is 0 Å². The lowest BCUT2D eigenvalue weighted by Gasteiger charge is -2.07. The summed E-state index contributed by atoms with van der Waals surface area (Å²) in [7, 11) is 0. The number of nitrogens with one attached hydrogen (secondary N) is 2. The molecule has 0 aliphatic carbocycles. The average Bonchev–Trinajstić information content (AvgIpc) is 2.35. The van der Waals surface area contributed by atoms with E-state index in [1.165, 1.54) is 5.56 Å². The second-order valence-electron chi connectivity index (χ2n) is 3.88. The lowest BCUT2D eigenvalue weighted by molar-refractivity contribution is 0.859. The molecule has 0 unspecified atom stereocenters. The Morgan fingerprint density at radius 3 is 2.65 bits per heavy atom. The van der Waals surface area contributed by atoms with Crippen molar-refractivity contribution in [2.75, 3.05) is 0 Å². The summed E-state index contributed by atoms with van der Waals surface area (Å²) in [6, 6.07) is 10.1. The zero-order valence-corrected chi connectivity index (χ0v) is 11.2. The Bertz CT molecular complexity index is 374. The van der Waals surface area contributed by atoms with E-state index in [4.69, 9.17) is 12.2 Å². The minimum absolute atomic E-state index is 0.560. The van der Waals surface area contributed by atoms with E-state index in [1.807, 2.05) is 25.1 Å². The maximum atomic E-state index is 5.13. The molecule has 1 rings (SSSR count). The van der Waals surface area contributed by atoms with E-state index in [0.717, 1.165) is 25.1 Å². The Kier molecular flexibility index (Phi) is 6.25. The van der Waals surface area contributed by atoms with Crippen LogP contribution in [0, 0.1) is 0 Å². The van der Waals surface area contributed by atoms with Gasteiger partial charge in [-0.1, -0.05) is 43.7 Å². The summed E-state index contributed by atoms with van der Waals surface area (Å²) in [4.78, 5) is 0. The van der Waals surface area contributed by atoms with Gasteiger partial charge in [-0.25, -0.2) is 0 Å². The molecule has 0 bridgehead atoms. The van der Waals surface area contributed by atoms with Crippen LogP contribution in [0.3, 0.4) is 0 Å². The number of hydrazone groups is 1. The standard InChI is InChI=1S/C13H19N3S/c1-3-7-11(2)15-16-13(17)14-10-12-8-5-4-6-9-12/h4-6,8-9H,3,7,10H2,1-2H3,(H2,14,16,17)/b15-11-. The second-order valence-corrected chi connectivity index (χ2v) is 4.29. The number of hydrogen-bond acceptors (Lipinski definition) is 2. The van der Waals surface area contributed by atoms with Crippen LogP contribution in [0.15, 0.2) is 35.4 Å². The third-order valence-corrected chi connectivity index (χ3v) is 2.49. The summed E-state index contributed by atoms with van der Waals surface area (Å²) in [6.45, 7) is 4.84.